The molecule has 2 aromatic carbocycles. The zero-order chi connectivity index (χ0) is 12.7. The topological polar surface area (TPSA) is 28.8 Å². The first-order chi connectivity index (χ1) is 8.72. The number of nitrogens with zero attached hydrogens (tertiary/aromatic N) is 1. The van der Waals surface area contributed by atoms with Gasteiger partial charge in [-0.05, 0) is 37.6 Å². The number of aryl methyl sites for hydroxylation is 1. The highest BCUT2D eigenvalue weighted by Crippen LogP contribution is 2.29. The third kappa shape index (κ3) is 1.46. The molecular weight excluding hydrogens is 220 g/mol. The maximum absolute atomic E-state index is 7.76. The summed E-state index contributed by atoms with van der Waals surface area (Å²) in [7, 11) is 0. The summed E-state index contributed by atoms with van der Waals surface area (Å²) >= 11 is 0. The van der Waals surface area contributed by atoms with Gasteiger partial charge in [0.1, 0.15) is 0 Å². The summed E-state index contributed by atoms with van der Waals surface area (Å²) in [6, 6.07) is 14.8. The van der Waals surface area contributed by atoms with Crippen molar-refractivity contribution in [1.29, 1.82) is 5.41 Å². The first kappa shape index (κ1) is 11.0. The number of rotatable bonds is 2. The lowest BCUT2D eigenvalue weighted by molar-refractivity contribution is 0.827. The lowest BCUT2D eigenvalue weighted by Gasteiger charge is -2.03. The van der Waals surface area contributed by atoms with Crippen molar-refractivity contribution in [2.75, 3.05) is 0 Å². The second kappa shape index (κ2) is 3.98. The maximum Gasteiger partial charge on any atom is 0.0491 e. The monoisotopic (exact) mass is 236 g/mol. The van der Waals surface area contributed by atoms with Gasteiger partial charge in [-0.1, -0.05) is 24.3 Å². The number of nitrogens with one attached hydrogen (secondary N) is 1. The molecule has 0 unspecified atom stereocenters. The Bertz CT molecular complexity index is 750. The zero-order valence-corrected chi connectivity index (χ0v) is 10.7. The summed E-state index contributed by atoms with van der Waals surface area (Å²) in [6.07, 6.45) is 0. The van der Waals surface area contributed by atoms with Gasteiger partial charge >= 0.3 is 0 Å². The molecule has 0 fully saturated rings. The van der Waals surface area contributed by atoms with Crippen LogP contribution in [0.25, 0.3) is 21.8 Å². The summed E-state index contributed by atoms with van der Waals surface area (Å²) in [5.41, 5.74) is 4.14. The third-order valence-electron chi connectivity index (χ3n) is 3.52. The van der Waals surface area contributed by atoms with Gasteiger partial charge in [0.2, 0.25) is 0 Å². The van der Waals surface area contributed by atoms with Crippen molar-refractivity contribution in [2.24, 2.45) is 0 Å². The molecule has 0 atom stereocenters. The van der Waals surface area contributed by atoms with Crippen LogP contribution in [0.2, 0.25) is 0 Å². The lowest BCUT2D eigenvalue weighted by atomic mass is 10.1. The Labute approximate surface area is 106 Å². The van der Waals surface area contributed by atoms with Gasteiger partial charge < -0.3 is 9.98 Å². The average molecular weight is 236 g/mol. The Hall–Kier alpha value is -2.09. The predicted molar refractivity (Wildman–Crippen MR) is 77.6 cm³/mol. The quantitative estimate of drug-likeness (QED) is 0.646. The molecule has 1 heterocycles. The first-order valence-corrected chi connectivity index (χ1v) is 6.29. The molecule has 0 aliphatic rings. The molecule has 3 rings (SSSR count). The molecule has 2 nitrogen and oxygen atoms in total. The van der Waals surface area contributed by atoms with Crippen LogP contribution >= 0.6 is 0 Å². The molecule has 0 bridgehead atoms. The zero-order valence-electron chi connectivity index (χ0n) is 10.7. The van der Waals surface area contributed by atoms with Crippen molar-refractivity contribution in [3.63, 3.8) is 0 Å². The molecule has 0 aliphatic carbocycles. The number of hydrogen-bond donors (Lipinski definition) is 1. The van der Waals surface area contributed by atoms with Crippen molar-refractivity contribution in [2.45, 2.75) is 20.4 Å². The van der Waals surface area contributed by atoms with Crippen LogP contribution in [0.1, 0.15) is 19.4 Å². The minimum atomic E-state index is 0.616. The van der Waals surface area contributed by atoms with Crippen LogP contribution in [0.15, 0.2) is 42.5 Å². The number of fused-ring (bicyclic) bond motifs is 3. The highest BCUT2D eigenvalue weighted by molar-refractivity contribution is 6.10. The number of aromatic nitrogens is 1. The van der Waals surface area contributed by atoms with Gasteiger partial charge in [0.15, 0.2) is 0 Å². The van der Waals surface area contributed by atoms with Gasteiger partial charge in [0.05, 0.1) is 0 Å². The fourth-order valence-corrected chi connectivity index (χ4v) is 2.63. The van der Waals surface area contributed by atoms with Crippen LogP contribution in [-0.4, -0.2) is 10.3 Å². The summed E-state index contributed by atoms with van der Waals surface area (Å²) in [5, 5.41) is 10.3. The summed E-state index contributed by atoms with van der Waals surface area (Å²) in [4.78, 5) is 0. The van der Waals surface area contributed by atoms with E-state index in [1.165, 1.54) is 21.8 Å². The van der Waals surface area contributed by atoms with Crippen molar-refractivity contribution in [3.05, 3.63) is 48.0 Å². The smallest absolute Gasteiger partial charge is 0.0491 e. The number of hydrogen-bond acceptors (Lipinski definition) is 1. The van der Waals surface area contributed by atoms with Crippen molar-refractivity contribution >= 4 is 27.5 Å². The Kier molecular flexibility index (Phi) is 2.44. The number of para-hydroxylation sites is 1. The standard InChI is InChI=1S/C16H16N2/c1-3-18-15-7-5-4-6-13(15)14-10-12(11(2)17)8-9-16(14)18/h4-10,17H,3H2,1-2H3. The van der Waals surface area contributed by atoms with E-state index < -0.39 is 0 Å². The van der Waals surface area contributed by atoms with Gasteiger partial charge in [0, 0.05) is 34.1 Å². The van der Waals surface area contributed by atoms with E-state index in [4.69, 9.17) is 5.41 Å². The molecule has 0 spiro atoms. The van der Waals surface area contributed by atoms with Gasteiger partial charge in [-0.2, -0.15) is 0 Å². The fourth-order valence-electron chi connectivity index (χ4n) is 2.63. The normalized spacial score (nSPS) is 11.2. The Balaban J connectivity index is 2.48. The van der Waals surface area contributed by atoms with E-state index in [1.807, 2.05) is 13.0 Å². The van der Waals surface area contributed by atoms with Crippen LogP contribution < -0.4 is 0 Å². The minimum absolute atomic E-state index is 0.616. The largest absolute Gasteiger partial charge is 0.341 e. The van der Waals surface area contributed by atoms with Crippen LogP contribution in [0, 0.1) is 5.41 Å². The fraction of sp³-hybridized carbons (Fsp3) is 0.188. The SMILES string of the molecule is CCn1c2ccccc2c2cc(C(C)=N)ccc21. The Morgan fingerprint density at radius 1 is 1.06 bits per heavy atom. The third-order valence-corrected chi connectivity index (χ3v) is 3.52. The lowest BCUT2D eigenvalue weighted by Crippen LogP contribution is -1.94. The van der Waals surface area contributed by atoms with E-state index in [1.54, 1.807) is 0 Å². The van der Waals surface area contributed by atoms with Gasteiger partial charge in [0.25, 0.3) is 0 Å². The molecular formula is C16H16N2. The molecule has 3 aromatic rings. The molecule has 0 radical (unpaired) electrons. The van der Waals surface area contributed by atoms with Crippen molar-refractivity contribution in [1.82, 2.24) is 4.57 Å². The van der Waals surface area contributed by atoms with Crippen LogP contribution in [0.4, 0.5) is 0 Å². The maximum atomic E-state index is 7.76. The molecule has 0 amide bonds. The van der Waals surface area contributed by atoms with Crippen molar-refractivity contribution < 1.29 is 0 Å². The van der Waals surface area contributed by atoms with E-state index in [9.17, 15) is 0 Å². The summed E-state index contributed by atoms with van der Waals surface area (Å²) < 4.78 is 2.33. The predicted octanol–water partition coefficient (Wildman–Crippen LogP) is 4.20. The Morgan fingerprint density at radius 2 is 1.78 bits per heavy atom. The first-order valence-electron chi connectivity index (χ1n) is 6.29. The number of benzene rings is 2. The van der Waals surface area contributed by atoms with Crippen LogP contribution in [0.3, 0.4) is 0 Å². The molecule has 1 aromatic heterocycles. The van der Waals surface area contributed by atoms with E-state index in [0.717, 1.165) is 12.1 Å². The van der Waals surface area contributed by atoms with Gasteiger partial charge in [-0.25, -0.2) is 0 Å². The van der Waals surface area contributed by atoms with Gasteiger partial charge in [-0.15, -0.1) is 0 Å². The molecule has 0 aliphatic heterocycles. The minimum Gasteiger partial charge on any atom is -0.341 e. The summed E-state index contributed by atoms with van der Waals surface area (Å²) in [6.45, 7) is 4.97. The highest BCUT2D eigenvalue weighted by atomic mass is 15.0. The second-order valence-electron chi connectivity index (χ2n) is 4.62. The molecule has 0 saturated carbocycles. The van der Waals surface area contributed by atoms with E-state index in [-0.39, 0.29) is 0 Å². The molecule has 1 N–H and O–H groups in total. The Morgan fingerprint density at radius 3 is 2.50 bits per heavy atom. The van der Waals surface area contributed by atoms with E-state index >= 15 is 0 Å². The molecule has 0 saturated heterocycles. The van der Waals surface area contributed by atoms with Gasteiger partial charge in [-0.3, -0.25) is 0 Å². The van der Waals surface area contributed by atoms with Crippen LogP contribution in [0.5, 0.6) is 0 Å². The molecule has 18 heavy (non-hydrogen) atoms. The van der Waals surface area contributed by atoms with E-state index in [2.05, 4.69) is 47.9 Å². The summed E-state index contributed by atoms with van der Waals surface area (Å²) in [5.74, 6) is 0. The van der Waals surface area contributed by atoms with Crippen molar-refractivity contribution in [3.8, 4) is 0 Å². The average Bonchev–Trinajstić information content (AvgIpc) is 2.71. The highest BCUT2D eigenvalue weighted by Gasteiger charge is 2.09. The van der Waals surface area contributed by atoms with Crippen LogP contribution in [-0.2, 0) is 6.54 Å². The second-order valence-corrected chi connectivity index (χ2v) is 4.62. The molecule has 2 heteroatoms. The van der Waals surface area contributed by atoms with E-state index in [0.29, 0.717) is 5.71 Å². The molecule has 90 valence electrons.